The van der Waals surface area contributed by atoms with Gasteiger partial charge in [-0.2, -0.15) is 0 Å². The van der Waals surface area contributed by atoms with Gasteiger partial charge in [0.05, 0.1) is 16.4 Å². The van der Waals surface area contributed by atoms with Gasteiger partial charge in [0.1, 0.15) is 5.75 Å². The Kier molecular flexibility index (Phi) is 4.92. The number of carbonyl (C=O) groups is 2. The summed E-state index contributed by atoms with van der Waals surface area (Å²) in [5.74, 6) is 0.451. The monoisotopic (exact) mass is 372 g/mol. The van der Waals surface area contributed by atoms with Crippen LogP contribution in [-0.2, 0) is 11.3 Å². The van der Waals surface area contributed by atoms with Gasteiger partial charge in [-0.3, -0.25) is 9.59 Å². The van der Waals surface area contributed by atoms with Crippen molar-refractivity contribution in [2.75, 3.05) is 17.2 Å². The molecule has 0 radical (unpaired) electrons. The molecular weight excluding hydrogens is 352 g/mol. The van der Waals surface area contributed by atoms with E-state index in [0.29, 0.717) is 28.7 Å². The Labute approximate surface area is 157 Å². The van der Waals surface area contributed by atoms with Gasteiger partial charge >= 0.3 is 0 Å². The van der Waals surface area contributed by atoms with Crippen LogP contribution in [-0.4, -0.2) is 18.3 Å². The van der Waals surface area contributed by atoms with Crippen LogP contribution in [0.2, 0.25) is 5.02 Å². The van der Waals surface area contributed by atoms with Crippen molar-refractivity contribution in [2.45, 2.75) is 34.2 Å². The van der Waals surface area contributed by atoms with E-state index >= 15 is 0 Å². The highest BCUT2D eigenvalue weighted by Crippen LogP contribution is 2.36. The maximum atomic E-state index is 12.0. The van der Waals surface area contributed by atoms with Gasteiger partial charge in [-0.25, -0.2) is 0 Å². The van der Waals surface area contributed by atoms with Crippen molar-refractivity contribution in [2.24, 2.45) is 0 Å². The molecule has 6 heteroatoms. The molecule has 5 nitrogen and oxygen atoms in total. The molecule has 2 aromatic rings. The molecule has 0 aromatic heterocycles. The van der Waals surface area contributed by atoms with Crippen LogP contribution in [0.4, 0.5) is 11.4 Å². The third-order valence-corrected chi connectivity index (χ3v) is 4.95. The zero-order valence-electron chi connectivity index (χ0n) is 15.2. The molecular formula is C20H21ClN2O3. The van der Waals surface area contributed by atoms with Crippen molar-refractivity contribution in [1.29, 1.82) is 0 Å². The largest absolute Gasteiger partial charge is 0.482 e. The van der Waals surface area contributed by atoms with Crippen molar-refractivity contribution in [3.63, 3.8) is 0 Å². The fourth-order valence-corrected chi connectivity index (χ4v) is 3.69. The highest BCUT2D eigenvalue weighted by Gasteiger charge is 2.19. The summed E-state index contributed by atoms with van der Waals surface area (Å²) in [5.41, 5.74) is 6.23. The second-order valence-corrected chi connectivity index (χ2v) is 6.97. The standard InChI is InChI=1S/C20H21ClN2O3/c1-10-5-11(2)20(13(4)24)12(3)14(10)8-22-16-7-18-17(6-15(16)21)23-19(25)9-26-18/h5-7,22H,8-9H2,1-4H3,(H,23,25). The van der Waals surface area contributed by atoms with Crippen molar-refractivity contribution in [3.05, 3.63) is 51.0 Å². The highest BCUT2D eigenvalue weighted by atomic mass is 35.5. The Morgan fingerprint density at radius 3 is 2.65 bits per heavy atom. The van der Waals surface area contributed by atoms with Gasteiger partial charge in [-0.15, -0.1) is 0 Å². The number of aryl methyl sites for hydroxylation is 2. The maximum Gasteiger partial charge on any atom is 0.262 e. The average molecular weight is 373 g/mol. The first-order chi connectivity index (χ1) is 12.3. The number of Topliss-reactive ketones (excluding diaryl/α,β-unsaturated/α-hetero) is 1. The molecule has 0 atom stereocenters. The number of carbonyl (C=O) groups excluding carboxylic acids is 2. The zero-order valence-corrected chi connectivity index (χ0v) is 16.0. The molecule has 26 heavy (non-hydrogen) atoms. The Balaban J connectivity index is 1.89. The van der Waals surface area contributed by atoms with Crippen molar-refractivity contribution in [1.82, 2.24) is 0 Å². The second-order valence-electron chi connectivity index (χ2n) is 6.56. The van der Waals surface area contributed by atoms with E-state index in [9.17, 15) is 9.59 Å². The maximum absolute atomic E-state index is 12.0. The Morgan fingerprint density at radius 2 is 1.96 bits per heavy atom. The molecule has 136 valence electrons. The first-order valence-corrected chi connectivity index (χ1v) is 8.76. The van der Waals surface area contributed by atoms with Crippen LogP contribution in [0.5, 0.6) is 5.75 Å². The van der Waals surface area contributed by atoms with E-state index in [1.807, 2.05) is 26.8 Å². The van der Waals surface area contributed by atoms with E-state index in [1.54, 1.807) is 19.1 Å². The predicted octanol–water partition coefficient (Wildman–Crippen LogP) is 4.41. The summed E-state index contributed by atoms with van der Waals surface area (Å²) in [4.78, 5) is 23.4. The minimum Gasteiger partial charge on any atom is -0.482 e. The molecule has 3 rings (SSSR count). The van der Waals surface area contributed by atoms with Gasteiger partial charge in [0.25, 0.3) is 5.91 Å². The lowest BCUT2D eigenvalue weighted by Crippen LogP contribution is -2.25. The summed E-state index contributed by atoms with van der Waals surface area (Å²) in [6, 6.07) is 5.49. The summed E-state index contributed by atoms with van der Waals surface area (Å²) < 4.78 is 5.44. The van der Waals surface area contributed by atoms with E-state index in [4.69, 9.17) is 16.3 Å². The average Bonchev–Trinajstić information content (AvgIpc) is 2.54. The van der Waals surface area contributed by atoms with E-state index in [1.165, 1.54) is 0 Å². The fourth-order valence-electron chi connectivity index (χ4n) is 3.46. The quantitative estimate of drug-likeness (QED) is 0.780. The number of hydrogen-bond donors (Lipinski definition) is 2. The second kappa shape index (κ2) is 7.00. The number of fused-ring (bicyclic) bond motifs is 1. The number of ether oxygens (including phenoxy) is 1. The van der Waals surface area contributed by atoms with Crippen LogP contribution in [0.1, 0.15) is 39.5 Å². The van der Waals surface area contributed by atoms with Crippen LogP contribution in [0.3, 0.4) is 0 Å². The minimum atomic E-state index is -0.197. The summed E-state index contributed by atoms with van der Waals surface area (Å²) in [5, 5.41) is 6.54. The minimum absolute atomic E-state index is 0.00772. The van der Waals surface area contributed by atoms with Crippen LogP contribution in [0.25, 0.3) is 0 Å². The molecule has 1 heterocycles. The van der Waals surface area contributed by atoms with Gasteiger partial charge in [-0.05, 0) is 56.0 Å². The molecule has 0 saturated heterocycles. The molecule has 0 unspecified atom stereocenters. The van der Waals surface area contributed by atoms with Crippen molar-refractivity contribution in [3.8, 4) is 5.75 Å². The first-order valence-electron chi connectivity index (χ1n) is 8.38. The lowest BCUT2D eigenvalue weighted by molar-refractivity contribution is -0.118. The number of halogens is 1. The number of ketones is 1. The molecule has 0 saturated carbocycles. The summed E-state index contributed by atoms with van der Waals surface area (Å²) >= 11 is 6.34. The van der Waals surface area contributed by atoms with Crippen molar-refractivity contribution >= 4 is 34.7 Å². The molecule has 0 aliphatic carbocycles. The highest BCUT2D eigenvalue weighted by molar-refractivity contribution is 6.33. The van der Waals surface area contributed by atoms with Gasteiger partial charge in [0.2, 0.25) is 0 Å². The number of nitrogens with one attached hydrogen (secondary N) is 2. The van der Waals surface area contributed by atoms with Gasteiger partial charge in [0.15, 0.2) is 12.4 Å². The molecule has 1 aliphatic heterocycles. The van der Waals surface area contributed by atoms with Crippen LogP contribution < -0.4 is 15.4 Å². The molecule has 2 aromatic carbocycles. The van der Waals surface area contributed by atoms with Gasteiger partial charge in [-0.1, -0.05) is 17.7 Å². The van der Waals surface area contributed by atoms with E-state index in [0.717, 1.165) is 27.8 Å². The smallest absolute Gasteiger partial charge is 0.262 e. The number of hydrogen-bond acceptors (Lipinski definition) is 4. The summed E-state index contributed by atoms with van der Waals surface area (Å²) in [6.07, 6.45) is 0. The summed E-state index contributed by atoms with van der Waals surface area (Å²) in [6.45, 7) is 8.08. The topological polar surface area (TPSA) is 67.4 Å². The lowest BCUT2D eigenvalue weighted by atomic mass is 9.91. The molecule has 0 bridgehead atoms. The summed E-state index contributed by atoms with van der Waals surface area (Å²) in [7, 11) is 0. The molecule has 0 fully saturated rings. The third kappa shape index (κ3) is 3.40. The number of amides is 1. The first kappa shape index (κ1) is 18.3. The third-order valence-electron chi connectivity index (χ3n) is 4.64. The number of rotatable bonds is 4. The van der Waals surface area contributed by atoms with Gasteiger partial charge < -0.3 is 15.4 Å². The number of anilines is 2. The van der Waals surface area contributed by atoms with Crippen molar-refractivity contribution < 1.29 is 14.3 Å². The fraction of sp³-hybridized carbons (Fsp3) is 0.300. The molecule has 2 N–H and O–H groups in total. The Bertz CT molecular complexity index is 922. The zero-order chi connectivity index (χ0) is 19.0. The van der Waals surface area contributed by atoms with Crippen LogP contribution in [0.15, 0.2) is 18.2 Å². The van der Waals surface area contributed by atoms with Crippen LogP contribution in [0, 0.1) is 20.8 Å². The predicted molar refractivity (Wildman–Crippen MR) is 104 cm³/mol. The lowest BCUT2D eigenvalue weighted by Gasteiger charge is -2.21. The van der Waals surface area contributed by atoms with E-state index < -0.39 is 0 Å². The normalized spacial score (nSPS) is 12.9. The molecule has 0 spiro atoms. The molecule has 1 aliphatic rings. The molecule has 1 amide bonds. The van der Waals surface area contributed by atoms with Gasteiger partial charge in [0, 0.05) is 18.2 Å². The van der Waals surface area contributed by atoms with E-state index in [-0.39, 0.29) is 18.3 Å². The Hall–Kier alpha value is -2.53. The number of benzene rings is 2. The SMILES string of the molecule is CC(=O)c1c(C)cc(C)c(CNc2cc3c(cc2Cl)NC(=O)CO3)c1C. The Morgan fingerprint density at radius 1 is 1.23 bits per heavy atom. The van der Waals surface area contributed by atoms with E-state index in [2.05, 4.69) is 10.6 Å². The van der Waals surface area contributed by atoms with Crippen LogP contribution >= 0.6 is 11.6 Å².